The van der Waals surface area contributed by atoms with E-state index in [1.165, 1.54) is 0 Å². The van der Waals surface area contributed by atoms with Crippen molar-refractivity contribution < 1.29 is 4.74 Å². The summed E-state index contributed by atoms with van der Waals surface area (Å²) in [5.41, 5.74) is 0.0455. The van der Waals surface area contributed by atoms with Crippen molar-refractivity contribution in [2.45, 2.75) is 37.7 Å². The van der Waals surface area contributed by atoms with Crippen LogP contribution in [-0.4, -0.2) is 12.2 Å². The first kappa shape index (κ1) is 8.77. The van der Waals surface area contributed by atoms with E-state index in [1.807, 2.05) is 0 Å². The van der Waals surface area contributed by atoms with Crippen LogP contribution in [-0.2, 0) is 4.74 Å². The first-order valence-corrected chi connectivity index (χ1v) is 5.03. The molecule has 1 aliphatic heterocycles. The third-order valence-electron chi connectivity index (χ3n) is 3.17. The van der Waals surface area contributed by atoms with Gasteiger partial charge in [0, 0.05) is 5.92 Å². The highest BCUT2D eigenvalue weighted by Gasteiger charge is 2.39. The average molecular weight is 177 g/mol. The molecule has 1 aliphatic carbocycles. The van der Waals surface area contributed by atoms with E-state index in [-0.39, 0.29) is 11.5 Å². The highest BCUT2D eigenvalue weighted by atomic mass is 16.5. The van der Waals surface area contributed by atoms with Crippen LogP contribution < -0.4 is 0 Å². The van der Waals surface area contributed by atoms with Gasteiger partial charge in [0.25, 0.3) is 0 Å². The molecule has 0 radical (unpaired) electrons. The Balaban J connectivity index is 2.02. The Morgan fingerprint density at radius 3 is 3.08 bits per heavy atom. The van der Waals surface area contributed by atoms with Gasteiger partial charge in [0.05, 0.1) is 18.3 Å². The topological polar surface area (TPSA) is 33.0 Å². The molecule has 0 bridgehead atoms. The lowest BCUT2D eigenvalue weighted by Crippen LogP contribution is -2.28. The van der Waals surface area contributed by atoms with Crippen LogP contribution >= 0.6 is 0 Å². The molecule has 0 N–H and O–H groups in total. The molecule has 2 rings (SSSR count). The molecule has 1 saturated carbocycles. The molecular formula is C11H15NO. The number of nitriles is 1. The summed E-state index contributed by atoms with van der Waals surface area (Å²) < 4.78 is 5.85. The molecular weight excluding hydrogens is 162 g/mol. The zero-order chi connectivity index (χ0) is 9.15. The molecule has 0 aromatic carbocycles. The molecule has 0 aromatic heterocycles. The van der Waals surface area contributed by atoms with E-state index in [2.05, 4.69) is 18.2 Å². The molecule has 0 aromatic rings. The van der Waals surface area contributed by atoms with Crippen LogP contribution in [0.15, 0.2) is 12.2 Å². The van der Waals surface area contributed by atoms with Gasteiger partial charge in [-0.05, 0) is 32.1 Å². The Labute approximate surface area is 79.2 Å². The maximum atomic E-state index is 8.83. The minimum Gasteiger partial charge on any atom is -0.371 e. The SMILES string of the molecule is N#C[C@H]1CC[C@]2(CCC=CCO2)C1. The van der Waals surface area contributed by atoms with E-state index in [1.54, 1.807) is 0 Å². The maximum Gasteiger partial charge on any atom is 0.0702 e. The van der Waals surface area contributed by atoms with Crippen LogP contribution in [0.3, 0.4) is 0 Å². The predicted molar refractivity (Wildman–Crippen MR) is 50.0 cm³/mol. The fraction of sp³-hybridized carbons (Fsp3) is 0.727. The summed E-state index contributed by atoms with van der Waals surface area (Å²) in [6.07, 6.45) is 9.54. The maximum absolute atomic E-state index is 8.83. The van der Waals surface area contributed by atoms with Gasteiger partial charge < -0.3 is 4.74 Å². The molecule has 2 nitrogen and oxygen atoms in total. The number of rotatable bonds is 0. The fourth-order valence-corrected chi connectivity index (χ4v) is 2.39. The number of nitrogens with zero attached hydrogens (tertiary/aromatic N) is 1. The van der Waals surface area contributed by atoms with E-state index in [4.69, 9.17) is 10.00 Å². The molecule has 0 saturated heterocycles. The number of hydrogen-bond acceptors (Lipinski definition) is 2. The van der Waals surface area contributed by atoms with Crippen LogP contribution in [0.4, 0.5) is 0 Å². The zero-order valence-corrected chi connectivity index (χ0v) is 7.83. The lowest BCUT2D eigenvalue weighted by Gasteiger charge is -2.27. The van der Waals surface area contributed by atoms with Crippen LogP contribution in [0.1, 0.15) is 32.1 Å². The second kappa shape index (κ2) is 3.51. The normalized spacial score (nSPS) is 38.8. The lowest BCUT2D eigenvalue weighted by atomic mass is 9.95. The Morgan fingerprint density at radius 1 is 1.38 bits per heavy atom. The molecule has 0 unspecified atom stereocenters. The van der Waals surface area contributed by atoms with Crippen molar-refractivity contribution in [1.82, 2.24) is 0 Å². The Hall–Kier alpha value is -0.810. The lowest BCUT2D eigenvalue weighted by molar-refractivity contribution is -0.0295. The smallest absolute Gasteiger partial charge is 0.0702 e. The van der Waals surface area contributed by atoms with E-state index in [0.717, 1.165) is 38.7 Å². The van der Waals surface area contributed by atoms with Crippen molar-refractivity contribution in [2.24, 2.45) is 5.92 Å². The van der Waals surface area contributed by atoms with Crippen molar-refractivity contribution in [2.75, 3.05) is 6.61 Å². The van der Waals surface area contributed by atoms with Crippen molar-refractivity contribution >= 4 is 0 Å². The van der Waals surface area contributed by atoms with Crippen molar-refractivity contribution in [3.8, 4) is 6.07 Å². The van der Waals surface area contributed by atoms with Gasteiger partial charge in [-0.2, -0.15) is 5.26 Å². The van der Waals surface area contributed by atoms with Crippen molar-refractivity contribution in [3.05, 3.63) is 12.2 Å². The standard InChI is InChI=1S/C11H15NO/c12-9-10-4-6-11(8-10)5-2-1-3-7-13-11/h1,3,10H,2,4-8H2/t10-,11+/m0/s1. The van der Waals surface area contributed by atoms with Gasteiger partial charge in [-0.1, -0.05) is 12.2 Å². The first-order chi connectivity index (χ1) is 6.35. The Morgan fingerprint density at radius 2 is 2.31 bits per heavy atom. The molecule has 1 heterocycles. The van der Waals surface area contributed by atoms with Crippen LogP contribution in [0.25, 0.3) is 0 Å². The van der Waals surface area contributed by atoms with Gasteiger partial charge >= 0.3 is 0 Å². The minimum absolute atomic E-state index is 0.0455. The van der Waals surface area contributed by atoms with E-state index in [0.29, 0.717) is 0 Å². The molecule has 70 valence electrons. The highest BCUT2D eigenvalue weighted by molar-refractivity contribution is 5.02. The fourth-order valence-electron chi connectivity index (χ4n) is 2.39. The Kier molecular flexibility index (Phi) is 2.37. The summed E-state index contributed by atoms with van der Waals surface area (Å²) in [6, 6.07) is 2.36. The summed E-state index contributed by atoms with van der Waals surface area (Å²) in [6.45, 7) is 0.734. The molecule has 2 aliphatic rings. The molecule has 1 fully saturated rings. The van der Waals surface area contributed by atoms with E-state index in [9.17, 15) is 0 Å². The number of allylic oxidation sites excluding steroid dienone is 1. The second-order valence-corrected chi connectivity index (χ2v) is 4.07. The molecule has 0 amide bonds. The minimum atomic E-state index is 0.0455. The van der Waals surface area contributed by atoms with Crippen molar-refractivity contribution in [1.29, 1.82) is 5.26 Å². The monoisotopic (exact) mass is 177 g/mol. The van der Waals surface area contributed by atoms with Gasteiger partial charge in [-0.3, -0.25) is 0 Å². The van der Waals surface area contributed by atoms with Gasteiger partial charge in [0.2, 0.25) is 0 Å². The van der Waals surface area contributed by atoms with Gasteiger partial charge in [-0.25, -0.2) is 0 Å². The second-order valence-electron chi connectivity index (χ2n) is 4.07. The third kappa shape index (κ3) is 1.76. The average Bonchev–Trinajstić information content (AvgIpc) is 2.40. The number of ether oxygens (including phenoxy) is 1. The quantitative estimate of drug-likeness (QED) is 0.532. The molecule has 2 heteroatoms. The largest absolute Gasteiger partial charge is 0.371 e. The summed E-state index contributed by atoms with van der Waals surface area (Å²) in [5, 5.41) is 8.83. The number of hydrogen-bond donors (Lipinski definition) is 0. The summed E-state index contributed by atoms with van der Waals surface area (Å²) >= 11 is 0. The summed E-state index contributed by atoms with van der Waals surface area (Å²) in [4.78, 5) is 0. The van der Waals surface area contributed by atoms with Gasteiger partial charge in [-0.15, -0.1) is 0 Å². The Bertz CT molecular complexity index is 241. The van der Waals surface area contributed by atoms with E-state index < -0.39 is 0 Å². The van der Waals surface area contributed by atoms with Crippen LogP contribution in [0, 0.1) is 17.2 Å². The van der Waals surface area contributed by atoms with E-state index >= 15 is 0 Å². The van der Waals surface area contributed by atoms with Crippen LogP contribution in [0.5, 0.6) is 0 Å². The van der Waals surface area contributed by atoms with Crippen molar-refractivity contribution in [3.63, 3.8) is 0 Å². The molecule has 1 spiro atoms. The zero-order valence-electron chi connectivity index (χ0n) is 7.83. The van der Waals surface area contributed by atoms with Gasteiger partial charge in [0.15, 0.2) is 0 Å². The van der Waals surface area contributed by atoms with Crippen LogP contribution in [0.2, 0.25) is 0 Å². The molecule has 13 heavy (non-hydrogen) atoms. The third-order valence-corrected chi connectivity index (χ3v) is 3.17. The molecule has 2 atom stereocenters. The summed E-state index contributed by atoms with van der Waals surface area (Å²) in [5.74, 6) is 0.234. The highest BCUT2D eigenvalue weighted by Crippen LogP contribution is 2.41. The van der Waals surface area contributed by atoms with Gasteiger partial charge in [0.1, 0.15) is 0 Å². The first-order valence-electron chi connectivity index (χ1n) is 5.03. The summed E-state index contributed by atoms with van der Waals surface area (Å²) in [7, 11) is 0. The predicted octanol–water partition coefficient (Wildman–Crippen LogP) is 2.42.